The van der Waals surface area contributed by atoms with Crippen molar-refractivity contribution >= 4 is 11.0 Å². The van der Waals surface area contributed by atoms with Gasteiger partial charge in [0.1, 0.15) is 59.3 Å². The largest absolute Gasteiger partial charge is 0.507 e. The van der Waals surface area contributed by atoms with E-state index in [0.29, 0.717) is 5.75 Å². The molecule has 188 valence electrons. The number of aromatic hydroxyl groups is 1. The number of fused-ring (bicyclic) bond motifs is 1. The Morgan fingerprint density at radius 3 is 2.31 bits per heavy atom. The van der Waals surface area contributed by atoms with Gasteiger partial charge in [-0.1, -0.05) is 0 Å². The van der Waals surface area contributed by atoms with Crippen LogP contribution in [0.1, 0.15) is 11.7 Å². The van der Waals surface area contributed by atoms with Crippen molar-refractivity contribution in [1.29, 1.82) is 0 Å². The molecule has 1 aliphatic rings. The summed E-state index contributed by atoms with van der Waals surface area (Å²) >= 11 is 0. The van der Waals surface area contributed by atoms with Crippen LogP contribution in [0.15, 0.2) is 39.7 Å². The number of phenolic OH excluding ortho intramolecular Hbond substituents is 1. The summed E-state index contributed by atoms with van der Waals surface area (Å²) in [5, 5.41) is 51.0. The highest BCUT2D eigenvalue weighted by Crippen LogP contribution is 2.44. The number of aliphatic hydroxyl groups is 4. The number of hydrogen-bond acceptors (Lipinski definition) is 11. The minimum Gasteiger partial charge on any atom is -0.507 e. The van der Waals surface area contributed by atoms with Crippen LogP contribution in [0.5, 0.6) is 23.0 Å². The molecule has 0 saturated carbocycles. The van der Waals surface area contributed by atoms with Crippen LogP contribution in [0.2, 0.25) is 0 Å². The minimum absolute atomic E-state index is 0.0600. The lowest BCUT2D eigenvalue weighted by Crippen LogP contribution is -2.55. The lowest BCUT2D eigenvalue weighted by atomic mass is 9.89. The average molecular weight is 490 g/mol. The molecule has 0 aliphatic carbocycles. The molecule has 0 radical (unpaired) electrons. The molecule has 35 heavy (non-hydrogen) atoms. The van der Waals surface area contributed by atoms with Gasteiger partial charge in [0.2, 0.25) is 5.43 Å². The number of phenols is 1. The van der Waals surface area contributed by atoms with Gasteiger partial charge in [0, 0.05) is 17.7 Å². The van der Waals surface area contributed by atoms with Crippen LogP contribution < -0.4 is 19.6 Å². The fraction of sp³-hybridized carbons (Fsp3) is 0.375. The third-order valence-electron chi connectivity index (χ3n) is 6.08. The van der Waals surface area contributed by atoms with E-state index in [1.54, 1.807) is 0 Å². The molecule has 1 fully saturated rings. The molecule has 3 aromatic rings. The Bertz CT molecular complexity index is 1280. The average Bonchev–Trinajstić information content (AvgIpc) is 2.86. The van der Waals surface area contributed by atoms with Gasteiger partial charge in [-0.15, -0.1) is 0 Å². The van der Waals surface area contributed by atoms with Crippen LogP contribution in [0.3, 0.4) is 0 Å². The Kier molecular flexibility index (Phi) is 6.88. The molecule has 2 aromatic carbocycles. The number of hydrogen-bond donors (Lipinski definition) is 5. The Balaban J connectivity index is 1.92. The summed E-state index contributed by atoms with van der Waals surface area (Å²) in [5.41, 5.74) is 0.103. The van der Waals surface area contributed by atoms with Crippen molar-refractivity contribution in [2.75, 3.05) is 27.9 Å². The van der Waals surface area contributed by atoms with Gasteiger partial charge in [-0.25, -0.2) is 0 Å². The minimum atomic E-state index is -1.62. The predicted molar refractivity (Wildman–Crippen MR) is 122 cm³/mol. The molecular weight excluding hydrogens is 464 g/mol. The van der Waals surface area contributed by atoms with Gasteiger partial charge < -0.3 is 48.9 Å². The van der Waals surface area contributed by atoms with Gasteiger partial charge in [0.25, 0.3) is 0 Å². The molecule has 1 saturated heterocycles. The first-order valence-electron chi connectivity index (χ1n) is 10.6. The number of methoxy groups -OCH3 is 3. The van der Waals surface area contributed by atoms with Crippen LogP contribution in [0.4, 0.5) is 0 Å². The summed E-state index contributed by atoms with van der Waals surface area (Å²) in [7, 11) is 4.15. The zero-order valence-electron chi connectivity index (χ0n) is 19.2. The van der Waals surface area contributed by atoms with Crippen LogP contribution in [-0.2, 0) is 4.74 Å². The second-order valence-corrected chi connectivity index (χ2v) is 8.05. The van der Waals surface area contributed by atoms with Crippen LogP contribution in [0, 0.1) is 0 Å². The third-order valence-corrected chi connectivity index (χ3v) is 6.08. The van der Waals surface area contributed by atoms with E-state index in [9.17, 15) is 30.3 Å². The van der Waals surface area contributed by atoms with Gasteiger partial charge in [-0.05, 0) is 17.7 Å². The molecule has 0 unspecified atom stereocenters. The number of benzene rings is 2. The fourth-order valence-electron chi connectivity index (χ4n) is 4.24. The smallest absolute Gasteiger partial charge is 0.204 e. The van der Waals surface area contributed by atoms with E-state index in [1.807, 2.05) is 0 Å². The highest BCUT2D eigenvalue weighted by molar-refractivity contribution is 5.88. The molecule has 11 heteroatoms. The Hall–Kier alpha value is -3.35. The van der Waals surface area contributed by atoms with E-state index >= 15 is 0 Å². The number of rotatable bonds is 6. The molecule has 5 N–H and O–H groups in total. The van der Waals surface area contributed by atoms with Gasteiger partial charge in [-0.2, -0.15) is 0 Å². The standard InChI is InChI=1S/C24H26O11/c1-31-11-6-14(26)18-15(7-11)34-9-13(19(18)27)10-4-12(23(33-3)16(5-10)32-2)24-22(30)21(29)20(28)17(8-25)35-24/h4-7,9,17,20-22,24-26,28-30H,8H2,1-3H3/t17-,20-,21+,22-,24+/m0/s1. The van der Waals surface area contributed by atoms with Gasteiger partial charge >= 0.3 is 0 Å². The zero-order valence-corrected chi connectivity index (χ0v) is 19.2. The molecule has 0 bridgehead atoms. The SMILES string of the molecule is COc1cc(O)c2c(=O)c(-c3cc(OC)c(OC)c([C@H]4O[C@@H](CO)[C@H](O)[C@@H](O)[C@@H]4O)c3)coc2c1. The molecule has 4 rings (SSSR count). The molecular formula is C24H26O11. The molecule has 11 nitrogen and oxygen atoms in total. The first kappa shape index (κ1) is 24.8. The summed E-state index contributed by atoms with van der Waals surface area (Å²) < 4.78 is 27.3. The maximum atomic E-state index is 13.3. The molecule has 0 spiro atoms. The summed E-state index contributed by atoms with van der Waals surface area (Å²) in [5.74, 6) is 0.306. The second kappa shape index (κ2) is 9.72. The third kappa shape index (κ3) is 4.17. The topological polar surface area (TPSA) is 168 Å². The normalized spacial score (nSPS) is 24.4. The van der Waals surface area contributed by atoms with Crippen molar-refractivity contribution in [3.8, 4) is 34.1 Å². The van der Waals surface area contributed by atoms with Crippen molar-refractivity contribution in [2.45, 2.75) is 30.5 Å². The Morgan fingerprint density at radius 1 is 0.943 bits per heavy atom. The Morgan fingerprint density at radius 2 is 1.69 bits per heavy atom. The quantitative estimate of drug-likeness (QED) is 0.330. The van der Waals surface area contributed by atoms with Crippen LogP contribution in [0.25, 0.3) is 22.1 Å². The maximum absolute atomic E-state index is 13.3. The maximum Gasteiger partial charge on any atom is 0.204 e. The highest BCUT2D eigenvalue weighted by atomic mass is 16.5. The van der Waals surface area contributed by atoms with Gasteiger partial charge in [-0.3, -0.25) is 4.79 Å². The second-order valence-electron chi connectivity index (χ2n) is 8.05. The van der Waals surface area contributed by atoms with Crippen molar-refractivity contribution in [3.63, 3.8) is 0 Å². The molecule has 1 aromatic heterocycles. The van der Waals surface area contributed by atoms with Gasteiger partial charge in [0.05, 0.1) is 33.5 Å². The molecule has 5 atom stereocenters. The lowest BCUT2D eigenvalue weighted by molar-refractivity contribution is -0.232. The monoisotopic (exact) mass is 490 g/mol. The van der Waals surface area contributed by atoms with Crippen LogP contribution >= 0.6 is 0 Å². The highest BCUT2D eigenvalue weighted by Gasteiger charge is 2.45. The van der Waals surface area contributed by atoms with Crippen molar-refractivity contribution in [3.05, 3.63) is 46.3 Å². The summed E-state index contributed by atoms with van der Waals surface area (Å²) in [6, 6.07) is 5.74. The first-order valence-corrected chi connectivity index (χ1v) is 10.6. The molecule has 1 aliphatic heterocycles. The van der Waals surface area contributed by atoms with Gasteiger partial charge in [0.15, 0.2) is 11.5 Å². The van der Waals surface area contributed by atoms with E-state index in [4.69, 9.17) is 23.4 Å². The van der Waals surface area contributed by atoms with E-state index in [-0.39, 0.29) is 44.9 Å². The van der Waals surface area contributed by atoms with Crippen molar-refractivity contribution < 1.29 is 48.9 Å². The lowest BCUT2D eigenvalue weighted by Gasteiger charge is -2.40. The van der Waals surface area contributed by atoms with E-state index in [0.717, 1.165) is 0 Å². The van der Waals surface area contributed by atoms with E-state index in [2.05, 4.69) is 0 Å². The summed E-state index contributed by atoms with van der Waals surface area (Å²) in [6.45, 7) is -0.614. The first-order chi connectivity index (χ1) is 16.7. The van der Waals surface area contributed by atoms with Crippen molar-refractivity contribution in [2.24, 2.45) is 0 Å². The summed E-state index contributed by atoms with van der Waals surface area (Å²) in [6.07, 6.45) is -5.96. The summed E-state index contributed by atoms with van der Waals surface area (Å²) in [4.78, 5) is 13.3. The predicted octanol–water partition coefficient (Wildman–Crippen LogP) is 0.706. The zero-order chi connectivity index (χ0) is 25.4. The number of ether oxygens (including phenoxy) is 4. The fourth-order valence-corrected chi connectivity index (χ4v) is 4.24. The van der Waals surface area contributed by atoms with Crippen LogP contribution in [-0.4, -0.2) is 77.9 Å². The number of aliphatic hydroxyl groups excluding tert-OH is 4. The van der Waals surface area contributed by atoms with E-state index < -0.39 is 42.6 Å². The molecule has 2 heterocycles. The van der Waals surface area contributed by atoms with E-state index in [1.165, 1.54) is 51.9 Å². The van der Waals surface area contributed by atoms with Crippen molar-refractivity contribution in [1.82, 2.24) is 0 Å². The Labute approximate surface area is 199 Å². The molecule has 0 amide bonds.